The normalized spacial score (nSPS) is 16.5. The number of halogens is 1. The summed E-state index contributed by atoms with van der Waals surface area (Å²) >= 11 is 3.51. The Bertz CT molecular complexity index is 576. The van der Waals surface area contributed by atoms with E-state index < -0.39 is 0 Å². The Morgan fingerprint density at radius 3 is 2.52 bits per heavy atom. The molecule has 1 atom stereocenters. The fourth-order valence-electron chi connectivity index (χ4n) is 2.73. The smallest absolute Gasteiger partial charge is 0.0724 e. The lowest BCUT2D eigenvalue weighted by Gasteiger charge is -2.35. The summed E-state index contributed by atoms with van der Waals surface area (Å²) in [5.74, 6) is 0.740. The van der Waals surface area contributed by atoms with E-state index in [0.717, 1.165) is 28.3 Å². The van der Waals surface area contributed by atoms with Crippen molar-refractivity contribution in [2.75, 3.05) is 0 Å². The van der Waals surface area contributed by atoms with Crippen molar-refractivity contribution in [3.8, 4) is 0 Å². The summed E-state index contributed by atoms with van der Waals surface area (Å²) in [6.45, 7) is 2.73. The van der Waals surface area contributed by atoms with Gasteiger partial charge in [0, 0.05) is 29.5 Å². The van der Waals surface area contributed by atoms with E-state index in [2.05, 4.69) is 55.5 Å². The van der Waals surface area contributed by atoms with Crippen molar-refractivity contribution in [1.82, 2.24) is 15.3 Å². The third-order valence-corrected chi connectivity index (χ3v) is 4.72. The van der Waals surface area contributed by atoms with Gasteiger partial charge >= 0.3 is 0 Å². The second kappa shape index (κ2) is 6.67. The zero-order valence-electron chi connectivity index (χ0n) is 12.2. The molecule has 1 N–H and O–H groups in total. The summed E-state index contributed by atoms with van der Waals surface area (Å²) in [5.41, 5.74) is 3.33. The molecule has 0 saturated heterocycles. The van der Waals surface area contributed by atoms with Crippen LogP contribution in [0.4, 0.5) is 0 Å². The predicted molar refractivity (Wildman–Crippen MR) is 87.8 cm³/mol. The number of nitrogens with one attached hydrogen (secondary N) is 1. The predicted octanol–water partition coefficient (Wildman–Crippen LogP) is 4.18. The average Bonchev–Trinajstić information content (AvgIpc) is 2.44. The van der Waals surface area contributed by atoms with Crippen LogP contribution in [0.5, 0.6) is 0 Å². The number of rotatable bonds is 5. The summed E-state index contributed by atoms with van der Waals surface area (Å²) in [6, 6.07) is 9.07. The molecular weight excluding hydrogens is 326 g/mol. The Hall–Kier alpha value is -1.26. The van der Waals surface area contributed by atoms with E-state index in [9.17, 15) is 0 Å². The van der Waals surface area contributed by atoms with Gasteiger partial charge in [0.2, 0.25) is 0 Å². The summed E-state index contributed by atoms with van der Waals surface area (Å²) in [5, 5.41) is 3.68. The molecule has 1 heterocycles. The first-order valence-electron chi connectivity index (χ1n) is 7.49. The molecule has 1 aliphatic rings. The first-order chi connectivity index (χ1) is 10.2. The maximum atomic E-state index is 4.43. The van der Waals surface area contributed by atoms with Gasteiger partial charge in [-0.1, -0.05) is 34.5 Å². The summed E-state index contributed by atoms with van der Waals surface area (Å²) in [7, 11) is 0. The van der Waals surface area contributed by atoms with Crippen LogP contribution in [0.2, 0.25) is 0 Å². The monoisotopic (exact) mass is 345 g/mol. The highest BCUT2D eigenvalue weighted by atomic mass is 79.9. The number of nitrogens with zero attached hydrogens (tertiary/aromatic N) is 2. The summed E-state index contributed by atoms with van der Waals surface area (Å²) < 4.78 is 1.13. The first kappa shape index (κ1) is 14.7. The van der Waals surface area contributed by atoms with Crippen LogP contribution < -0.4 is 5.32 Å². The van der Waals surface area contributed by atoms with Crippen molar-refractivity contribution < 1.29 is 0 Å². The zero-order valence-corrected chi connectivity index (χ0v) is 13.8. The standard InChI is InChI=1S/C17H20BrN3/c1-12-9-20-16(10-19-12)11-21-17(13-3-2-4-13)14-5-7-15(18)8-6-14/h5-10,13,17,21H,2-4,11H2,1H3/t17-/m0/s1. The van der Waals surface area contributed by atoms with Crippen molar-refractivity contribution in [2.24, 2.45) is 5.92 Å². The lowest BCUT2D eigenvalue weighted by atomic mass is 9.77. The molecule has 1 aromatic heterocycles. The van der Waals surface area contributed by atoms with Gasteiger partial charge in [0.25, 0.3) is 0 Å². The summed E-state index contributed by atoms with van der Waals surface area (Å²) in [6.07, 6.45) is 7.67. The van der Waals surface area contributed by atoms with E-state index in [1.165, 1.54) is 24.8 Å². The minimum atomic E-state index is 0.412. The average molecular weight is 346 g/mol. The molecule has 110 valence electrons. The molecule has 0 radical (unpaired) electrons. The highest BCUT2D eigenvalue weighted by molar-refractivity contribution is 9.10. The largest absolute Gasteiger partial charge is 0.304 e. The number of hydrogen-bond donors (Lipinski definition) is 1. The van der Waals surface area contributed by atoms with Gasteiger partial charge in [-0.25, -0.2) is 0 Å². The molecule has 1 aromatic carbocycles. The minimum Gasteiger partial charge on any atom is -0.304 e. The van der Waals surface area contributed by atoms with E-state index >= 15 is 0 Å². The summed E-state index contributed by atoms with van der Waals surface area (Å²) in [4.78, 5) is 8.74. The Morgan fingerprint density at radius 1 is 1.19 bits per heavy atom. The molecule has 0 spiro atoms. The molecular formula is C17H20BrN3. The molecule has 1 saturated carbocycles. The number of aromatic nitrogens is 2. The van der Waals surface area contributed by atoms with Gasteiger partial charge in [-0.2, -0.15) is 0 Å². The molecule has 0 amide bonds. The van der Waals surface area contributed by atoms with Gasteiger partial charge in [0.15, 0.2) is 0 Å². The van der Waals surface area contributed by atoms with Crippen LogP contribution in [0.15, 0.2) is 41.1 Å². The first-order valence-corrected chi connectivity index (χ1v) is 8.28. The van der Waals surface area contributed by atoms with Crippen molar-refractivity contribution in [2.45, 2.75) is 38.8 Å². The van der Waals surface area contributed by atoms with Gasteiger partial charge in [-0.15, -0.1) is 0 Å². The lowest BCUT2D eigenvalue weighted by molar-refractivity contribution is 0.229. The molecule has 3 nitrogen and oxygen atoms in total. The second-order valence-electron chi connectivity index (χ2n) is 5.75. The quantitative estimate of drug-likeness (QED) is 0.883. The fourth-order valence-corrected chi connectivity index (χ4v) is 2.99. The molecule has 1 aliphatic carbocycles. The van der Waals surface area contributed by atoms with Gasteiger partial charge in [0.05, 0.1) is 11.4 Å². The van der Waals surface area contributed by atoms with E-state index in [1.54, 1.807) is 0 Å². The molecule has 3 rings (SSSR count). The highest BCUT2D eigenvalue weighted by Crippen LogP contribution is 2.38. The van der Waals surface area contributed by atoms with Gasteiger partial charge < -0.3 is 5.32 Å². The molecule has 0 bridgehead atoms. The Kier molecular flexibility index (Phi) is 4.66. The van der Waals surface area contributed by atoms with Crippen LogP contribution >= 0.6 is 15.9 Å². The molecule has 4 heteroatoms. The topological polar surface area (TPSA) is 37.8 Å². The Balaban J connectivity index is 1.70. The molecule has 2 aromatic rings. The van der Waals surface area contributed by atoms with Crippen molar-refractivity contribution in [1.29, 1.82) is 0 Å². The minimum absolute atomic E-state index is 0.412. The van der Waals surface area contributed by atoms with Crippen LogP contribution in [0, 0.1) is 12.8 Å². The van der Waals surface area contributed by atoms with E-state index in [-0.39, 0.29) is 0 Å². The van der Waals surface area contributed by atoms with Crippen LogP contribution in [0.1, 0.15) is 42.3 Å². The Labute approximate surface area is 134 Å². The van der Waals surface area contributed by atoms with Gasteiger partial charge in [-0.05, 0) is 43.4 Å². The van der Waals surface area contributed by atoms with Crippen LogP contribution in [-0.2, 0) is 6.54 Å². The van der Waals surface area contributed by atoms with Crippen LogP contribution in [0.3, 0.4) is 0 Å². The second-order valence-corrected chi connectivity index (χ2v) is 6.67. The molecule has 21 heavy (non-hydrogen) atoms. The number of aryl methyl sites for hydroxylation is 1. The molecule has 0 unspecified atom stereocenters. The molecule has 0 aliphatic heterocycles. The van der Waals surface area contributed by atoms with E-state index in [1.807, 2.05) is 19.3 Å². The van der Waals surface area contributed by atoms with Crippen molar-refractivity contribution >= 4 is 15.9 Å². The maximum absolute atomic E-state index is 4.43. The maximum Gasteiger partial charge on any atom is 0.0724 e. The van der Waals surface area contributed by atoms with Crippen LogP contribution in [0.25, 0.3) is 0 Å². The van der Waals surface area contributed by atoms with E-state index in [0.29, 0.717) is 6.04 Å². The zero-order chi connectivity index (χ0) is 14.7. The van der Waals surface area contributed by atoms with Gasteiger partial charge in [-0.3, -0.25) is 9.97 Å². The van der Waals surface area contributed by atoms with E-state index in [4.69, 9.17) is 0 Å². The number of hydrogen-bond acceptors (Lipinski definition) is 3. The lowest BCUT2D eigenvalue weighted by Crippen LogP contribution is -2.32. The van der Waals surface area contributed by atoms with Gasteiger partial charge in [0.1, 0.15) is 0 Å². The van der Waals surface area contributed by atoms with Crippen molar-refractivity contribution in [3.05, 3.63) is 58.1 Å². The van der Waals surface area contributed by atoms with Crippen molar-refractivity contribution in [3.63, 3.8) is 0 Å². The highest BCUT2D eigenvalue weighted by Gasteiger charge is 2.28. The van der Waals surface area contributed by atoms with Crippen LogP contribution in [-0.4, -0.2) is 9.97 Å². The Morgan fingerprint density at radius 2 is 1.95 bits per heavy atom. The molecule has 1 fully saturated rings. The third kappa shape index (κ3) is 3.69. The third-order valence-electron chi connectivity index (χ3n) is 4.19. The number of benzene rings is 1. The fraction of sp³-hybridized carbons (Fsp3) is 0.412. The SMILES string of the molecule is Cc1cnc(CN[C@H](c2ccc(Br)cc2)C2CCC2)cn1.